The van der Waals surface area contributed by atoms with Crippen LogP contribution in [0.1, 0.15) is 31.0 Å². The van der Waals surface area contributed by atoms with Gasteiger partial charge in [0, 0.05) is 0 Å². The van der Waals surface area contributed by atoms with Crippen molar-refractivity contribution in [3.63, 3.8) is 0 Å². The zero-order chi connectivity index (χ0) is 24.4. The van der Waals surface area contributed by atoms with Crippen molar-refractivity contribution in [2.24, 2.45) is 4.99 Å². The van der Waals surface area contributed by atoms with Gasteiger partial charge in [0.05, 0.1) is 28.5 Å². The molecule has 10 heteroatoms. The molecule has 0 bridgehead atoms. The number of carbonyl (C=O) groups excluding carboxylic acids is 1. The lowest BCUT2D eigenvalue weighted by Crippen LogP contribution is -2.39. The van der Waals surface area contributed by atoms with Gasteiger partial charge in [0.2, 0.25) is 0 Å². The number of thiazole rings is 1. The maximum Gasteiger partial charge on any atom is 0.387 e. The van der Waals surface area contributed by atoms with Crippen LogP contribution in [0.5, 0.6) is 11.5 Å². The molecule has 2 heterocycles. The first kappa shape index (κ1) is 23.4. The summed E-state index contributed by atoms with van der Waals surface area (Å²) >= 11 is 1.15. The van der Waals surface area contributed by atoms with E-state index in [0.29, 0.717) is 26.2 Å². The molecule has 1 aromatic heterocycles. The Balaban J connectivity index is 1.85. The molecule has 34 heavy (non-hydrogen) atoms. The van der Waals surface area contributed by atoms with E-state index in [1.165, 1.54) is 28.8 Å². The van der Waals surface area contributed by atoms with Crippen molar-refractivity contribution in [2.45, 2.75) is 26.5 Å². The second-order valence-corrected chi connectivity index (χ2v) is 8.35. The molecule has 1 aliphatic rings. The van der Waals surface area contributed by atoms with Crippen LogP contribution < -0.4 is 19.6 Å². The van der Waals surface area contributed by atoms with E-state index < -0.39 is 18.6 Å². The van der Waals surface area contributed by atoms with Crippen molar-refractivity contribution in [1.29, 1.82) is 0 Å². The number of benzene rings is 2. The molecule has 1 aliphatic heterocycles. The normalized spacial score (nSPS) is 15.8. The first-order valence-corrected chi connectivity index (χ1v) is 11.1. The van der Waals surface area contributed by atoms with Gasteiger partial charge in [0.1, 0.15) is 11.5 Å². The summed E-state index contributed by atoms with van der Waals surface area (Å²) in [7, 11) is 0. The van der Waals surface area contributed by atoms with E-state index in [4.69, 9.17) is 4.74 Å². The molecule has 0 amide bonds. The number of phenolic OH excluding ortho intramolecular Hbond substituents is 1. The Morgan fingerprint density at radius 1 is 1.21 bits per heavy atom. The molecule has 0 fully saturated rings. The average molecular weight is 486 g/mol. The van der Waals surface area contributed by atoms with Crippen LogP contribution in [0.25, 0.3) is 6.08 Å². The number of allylic oxidation sites excluding steroid dienone is 1. The number of carbonyl (C=O) groups is 1. The number of aromatic hydroxyl groups is 1. The first-order chi connectivity index (χ1) is 16.3. The Labute approximate surface area is 196 Å². The summed E-state index contributed by atoms with van der Waals surface area (Å²) in [4.78, 5) is 31.1. The third kappa shape index (κ3) is 4.62. The predicted octanol–water partition coefficient (Wildman–Crippen LogP) is 3.11. The second-order valence-electron chi connectivity index (χ2n) is 7.34. The smallest absolute Gasteiger partial charge is 0.387 e. The van der Waals surface area contributed by atoms with E-state index in [9.17, 15) is 23.5 Å². The lowest BCUT2D eigenvalue weighted by atomic mass is 9.96. The van der Waals surface area contributed by atoms with Gasteiger partial charge in [-0.25, -0.2) is 9.79 Å². The van der Waals surface area contributed by atoms with Gasteiger partial charge in [-0.1, -0.05) is 35.6 Å². The van der Waals surface area contributed by atoms with Crippen molar-refractivity contribution in [2.75, 3.05) is 6.61 Å². The number of nitrogens with zero attached hydrogens (tertiary/aromatic N) is 2. The van der Waals surface area contributed by atoms with E-state index in [1.807, 2.05) is 0 Å². The Hall–Kier alpha value is -3.79. The van der Waals surface area contributed by atoms with Gasteiger partial charge in [-0.15, -0.1) is 0 Å². The molecule has 0 saturated heterocycles. The van der Waals surface area contributed by atoms with Gasteiger partial charge in [-0.05, 0) is 55.3 Å². The van der Waals surface area contributed by atoms with E-state index >= 15 is 0 Å². The summed E-state index contributed by atoms with van der Waals surface area (Å²) in [6, 6.07) is 11.3. The zero-order valence-electron chi connectivity index (χ0n) is 18.2. The molecule has 1 atom stereocenters. The van der Waals surface area contributed by atoms with Crippen molar-refractivity contribution in [1.82, 2.24) is 4.57 Å². The molecular formula is C24H20F2N2O5S. The topological polar surface area (TPSA) is 90.1 Å². The predicted molar refractivity (Wildman–Crippen MR) is 122 cm³/mol. The number of esters is 1. The number of rotatable bonds is 6. The number of aromatic nitrogens is 1. The largest absolute Gasteiger partial charge is 0.508 e. The highest BCUT2D eigenvalue weighted by atomic mass is 32.1. The quantitative estimate of drug-likeness (QED) is 0.541. The summed E-state index contributed by atoms with van der Waals surface area (Å²) in [6.45, 7) is 0.605. The van der Waals surface area contributed by atoms with Crippen LogP contribution >= 0.6 is 11.3 Å². The number of hydrogen-bond donors (Lipinski definition) is 1. The molecular weight excluding hydrogens is 466 g/mol. The Morgan fingerprint density at radius 3 is 2.50 bits per heavy atom. The molecule has 7 nitrogen and oxygen atoms in total. The molecule has 4 rings (SSSR count). The van der Waals surface area contributed by atoms with Gasteiger partial charge in [0.15, 0.2) is 4.80 Å². The summed E-state index contributed by atoms with van der Waals surface area (Å²) in [6.07, 6.45) is 1.62. The van der Waals surface area contributed by atoms with Gasteiger partial charge < -0.3 is 14.6 Å². The SMILES string of the molecule is CCOC(=O)C1=C(C)N=c2s/c(=C\c3ccc(OC(F)F)cc3)c(=O)n2[C@H]1c1ccc(O)cc1. The average Bonchev–Trinajstić information content (AvgIpc) is 3.09. The molecule has 0 spiro atoms. The van der Waals surface area contributed by atoms with Crippen LogP contribution in [0.2, 0.25) is 0 Å². The minimum absolute atomic E-state index is 0.00985. The fraction of sp³-hybridized carbons (Fsp3) is 0.208. The Morgan fingerprint density at radius 2 is 1.88 bits per heavy atom. The maximum atomic E-state index is 13.4. The molecule has 1 N–H and O–H groups in total. The number of phenols is 1. The van der Waals surface area contributed by atoms with Crippen molar-refractivity contribution >= 4 is 23.4 Å². The van der Waals surface area contributed by atoms with E-state index in [0.717, 1.165) is 11.3 Å². The van der Waals surface area contributed by atoms with Crippen LogP contribution in [-0.2, 0) is 9.53 Å². The van der Waals surface area contributed by atoms with Crippen molar-refractivity contribution in [3.05, 3.63) is 90.6 Å². The van der Waals surface area contributed by atoms with Crippen molar-refractivity contribution in [3.8, 4) is 11.5 Å². The Bertz CT molecular complexity index is 1420. The van der Waals surface area contributed by atoms with Crippen LogP contribution in [0.3, 0.4) is 0 Å². The third-order valence-corrected chi connectivity index (χ3v) is 6.11. The van der Waals surface area contributed by atoms with Gasteiger partial charge in [-0.2, -0.15) is 8.78 Å². The molecule has 0 saturated carbocycles. The van der Waals surface area contributed by atoms with Crippen LogP contribution in [0.4, 0.5) is 8.78 Å². The first-order valence-electron chi connectivity index (χ1n) is 10.3. The van der Waals surface area contributed by atoms with Crippen molar-refractivity contribution < 1.29 is 28.2 Å². The van der Waals surface area contributed by atoms with Gasteiger partial charge in [-0.3, -0.25) is 9.36 Å². The summed E-state index contributed by atoms with van der Waals surface area (Å²) in [5.74, 6) is -0.518. The fourth-order valence-electron chi connectivity index (χ4n) is 3.66. The highest BCUT2D eigenvalue weighted by molar-refractivity contribution is 7.07. The van der Waals surface area contributed by atoms with E-state index in [1.54, 1.807) is 44.2 Å². The molecule has 3 aromatic rings. The van der Waals surface area contributed by atoms with Gasteiger partial charge >= 0.3 is 12.6 Å². The highest BCUT2D eigenvalue weighted by Gasteiger charge is 2.33. The standard InChI is InChI=1S/C24H20F2N2O5S/c1-3-32-22(31)19-13(2)27-24-28(20(19)15-6-8-16(29)9-7-15)21(30)18(34-24)12-14-4-10-17(11-5-14)33-23(25)26/h4-12,20,23,29H,3H2,1-2H3/b18-12-/t20-/m0/s1. The maximum absolute atomic E-state index is 13.4. The minimum Gasteiger partial charge on any atom is -0.508 e. The lowest BCUT2D eigenvalue weighted by molar-refractivity contribution is -0.139. The lowest BCUT2D eigenvalue weighted by Gasteiger charge is -2.24. The van der Waals surface area contributed by atoms with Crippen LogP contribution in [0.15, 0.2) is 69.6 Å². The van der Waals surface area contributed by atoms with E-state index in [-0.39, 0.29) is 29.2 Å². The number of ether oxygens (including phenoxy) is 2. The second kappa shape index (κ2) is 9.60. The van der Waals surface area contributed by atoms with Crippen LogP contribution in [-0.4, -0.2) is 28.9 Å². The monoisotopic (exact) mass is 486 g/mol. The summed E-state index contributed by atoms with van der Waals surface area (Å²) in [5, 5.41) is 9.71. The third-order valence-electron chi connectivity index (χ3n) is 5.13. The summed E-state index contributed by atoms with van der Waals surface area (Å²) < 4.78 is 36.1. The molecule has 0 aliphatic carbocycles. The Kier molecular flexibility index (Phi) is 6.60. The number of fused-ring (bicyclic) bond motifs is 1. The number of hydrogen-bond acceptors (Lipinski definition) is 7. The molecule has 0 radical (unpaired) electrons. The van der Waals surface area contributed by atoms with Gasteiger partial charge in [0.25, 0.3) is 5.56 Å². The van der Waals surface area contributed by atoms with E-state index in [2.05, 4.69) is 9.73 Å². The number of alkyl halides is 2. The number of halogens is 2. The fourth-order valence-corrected chi connectivity index (χ4v) is 4.71. The van der Waals surface area contributed by atoms with Crippen LogP contribution in [0, 0.1) is 0 Å². The minimum atomic E-state index is -2.92. The molecule has 0 unspecified atom stereocenters. The molecule has 176 valence electrons. The highest BCUT2D eigenvalue weighted by Crippen LogP contribution is 2.31. The summed E-state index contributed by atoms with van der Waals surface area (Å²) in [5.41, 5.74) is 1.51. The zero-order valence-corrected chi connectivity index (χ0v) is 19.0. The molecule has 2 aromatic carbocycles.